The van der Waals surface area contributed by atoms with Crippen LogP contribution in [0, 0.1) is 5.92 Å². The minimum absolute atomic E-state index is 0.0641. The Morgan fingerprint density at radius 2 is 1.79 bits per heavy atom. The van der Waals surface area contributed by atoms with E-state index in [9.17, 15) is 4.79 Å². The molecular formula is C15H16BrNOS. The molecule has 0 spiro atoms. The van der Waals surface area contributed by atoms with Crippen LogP contribution in [0.3, 0.4) is 0 Å². The molecule has 1 atom stereocenters. The van der Waals surface area contributed by atoms with E-state index in [4.69, 9.17) is 0 Å². The maximum absolute atomic E-state index is 12.1. The fourth-order valence-corrected chi connectivity index (χ4v) is 2.42. The van der Waals surface area contributed by atoms with Crippen molar-refractivity contribution in [2.45, 2.75) is 19.1 Å². The van der Waals surface area contributed by atoms with Gasteiger partial charge in [-0.3, -0.25) is 4.79 Å². The quantitative estimate of drug-likeness (QED) is 0.793. The minimum atomic E-state index is -0.303. The summed E-state index contributed by atoms with van der Waals surface area (Å²) in [7, 11) is 0. The van der Waals surface area contributed by atoms with Crippen LogP contribution in [0.4, 0.5) is 5.69 Å². The van der Waals surface area contributed by atoms with Crippen molar-refractivity contribution < 1.29 is 4.79 Å². The van der Waals surface area contributed by atoms with Crippen LogP contribution in [-0.4, -0.2) is 11.2 Å². The molecule has 2 aromatic rings. The summed E-state index contributed by atoms with van der Waals surface area (Å²) in [6.45, 7) is 3.97. The van der Waals surface area contributed by atoms with Crippen LogP contribution in [0.2, 0.25) is 0 Å². The highest BCUT2D eigenvalue weighted by molar-refractivity contribution is 9.10. The summed E-state index contributed by atoms with van der Waals surface area (Å²) in [5, 5.41) is 4.76. The van der Waals surface area contributed by atoms with E-state index in [1.807, 2.05) is 50.2 Å². The zero-order valence-corrected chi connectivity index (χ0v) is 13.3. The number of carbonyl (C=O) groups is 1. The van der Waals surface area contributed by atoms with Crippen LogP contribution in [0.5, 0.6) is 0 Å². The summed E-state index contributed by atoms with van der Waals surface area (Å²) >= 11 is 7.87. The Kier molecular flexibility index (Phi) is 4.53. The number of nitrogens with one attached hydrogen (secondary N) is 1. The van der Waals surface area contributed by atoms with Gasteiger partial charge in [0.25, 0.3) is 0 Å². The van der Waals surface area contributed by atoms with Crippen LogP contribution in [0.15, 0.2) is 40.9 Å². The fraction of sp³-hybridized carbons (Fsp3) is 0.267. The van der Waals surface area contributed by atoms with Crippen LogP contribution in [0.25, 0.3) is 10.8 Å². The van der Waals surface area contributed by atoms with Gasteiger partial charge < -0.3 is 5.32 Å². The largest absolute Gasteiger partial charge is 0.325 e. The van der Waals surface area contributed by atoms with Gasteiger partial charge in [-0.1, -0.05) is 54.0 Å². The second kappa shape index (κ2) is 5.97. The monoisotopic (exact) mass is 337 g/mol. The third-order valence-corrected chi connectivity index (χ3v) is 4.55. The SMILES string of the molecule is CC(C)C(S)C(=O)Nc1ccc(Br)c2ccccc12. The molecule has 1 N–H and O–H groups in total. The van der Waals surface area contributed by atoms with Crippen molar-refractivity contribution >= 4 is 50.9 Å². The zero-order valence-electron chi connectivity index (χ0n) is 10.9. The van der Waals surface area contributed by atoms with E-state index < -0.39 is 0 Å². The second-order valence-corrected chi connectivity index (χ2v) is 6.23. The summed E-state index contributed by atoms with van der Waals surface area (Å²) in [6.07, 6.45) is 0. The summed E-state index contributed by atoms with van der Waals surface area (Å²) in [5.41, 5.74) is 0.823. The molecule has 1 amide bonds. The van der Waals surface area contributed by atoms with Gasteiger partial charge in [-0.05, 0) is 23.4 Å². The smallest absolute Gasteiger partial charge is 0.237 e. The molecule has 0 aliphatic rings. The molecule has 2 nitrogen and oxygen atoms in total. The molecule has 0 saturated heterocycles. The first-order valence-electron chi connectivity index (χ1n) is 6.17. The third-order valence-electron chi connectivity index (χ3n) is 3.03. The number of thiol groups is 1. The molecule has 19 heavy (non-hydrogen) atoms. The van der Waals surface area contributed by atoms with Crippen LogP contribution >= 0.6 is 28.6 Å². The summed E-state index contributed by atoms with van der Waals surface area (Å²) < 4.78 is 1.02. The average molecular weight is 338 g/mol. The maximum atomic E-state index is 12.1. The molecule has 0 radical (unpaired) electrons. The van der Waals surface area contributed by atoms with Gasteiger partial charge in [-0.15, -0.1) is 0 Å². The number of rotatable bonds is 3. The standard InChI is InChI=1S/C15H16BrNOS/c1-9(2)14(19)15(18)17-13-8-7-12(16)10-5-3-4-6-11(10)13/h3-9,14,19H,1-2H3,(H,17,18). The molecule has 2 aromatic carbocycles. The number of anilines is 1. The topological polar surface area (TPSA) is 29.1 Å². The van der Waals surface area contributed by atoms with Gasteiger partial charge in [0.1, 0.15) is 0 Å². The lowest BCUT2D eigenvalue weighted by molar-refractivity contribution is -0.116. The molecule has 0 aliphatic heterocycles. The maximum Gasteiger partial charge on any atom is 0.237 e. The molecular weight excluding hydrogens is 322 g/mol. The van der Waals surface area contributed by atoms with Crippen LogP contribution in [0.1, 0.15) is 13.8 Å². The van der Waals surface area contributed by atoms with Crippen molar-refractivity contribution in [2.75, 3.05) is 5.32 Å². The van der Waals surface area contributed by atoms with Gasteiger partial charge in [0, 0.05) is 15.5 Å². The van der Waals surface area contributed by atoms with Gasteiger partial charge in [0.05, 0.1) is 5.25 Å². The van der Waals surface area contributed by atoms with Crippen molar-refractivity contribution in [3.63, 3.8) is 0 Å². The molecule has 2 rings (SSSR count). The first-order chi connectivity index (χ1) is 9.00. The highest BCUT2D eigenvalue weighted by atomic mass is 79.9. The van der Waals surface area contributed by atoms with E-state index >= 15 is 0 Å². The lowest BCUT2D eigenvalue weighted by Gasteiger charge is -2.16. The number of fused-ring (bicyclic) bond motifs is 1. The Balaban J connectivity index is 2.36. The van der Waals surface area contributed by atoms with Gasteiger partial charge in [0.15, 0.2) is 0 Å². The van der Waals surface area contributed by atoms with Crippen LogP contribution < -0.4 is 5.32 Å². The number of carbonyl (C=O) groups excluding carboxylic acids is 1. The number of amides is 1. The summed E-state index contributed by atoms with van der Waals surface area (Å²) in [5.74, 6) is 0.135. The second-order valence-electron chi connectivity index (χ2n) is 4.82. The highest BCUT2D eigenvalue weighted by Crippen LogP contribution is 2.30. The molecule has 4 heteroatoms. The average Bonchev–Trinajstić information content (AvgIpc) is 2.41. The van der Waals surface area contributed by atoms with Gasteiger partial charge in [0.2, 0.25) is 5.91 Å². The number of hydrogen-bond acceptors (Lipinski definition) is 2. The van der Waals surface area contributed by atoms with Crippen molar-refractivity contribution in [3.8, 4) is 0 Å². The first-order valence-corrected chi connectivity index (χ1v) is 7.48. The van der Waals surface area contributed by atoms with Crippen molar-refractivity contribution in [1.29, 1.82) is 0 Å². The Morgan fingerprint density at radius 1 is 1.16 bits per heavy atom. The molecule has 0 aromatic heterocycles. The molecule has 1 unspecified atom stereocenters. The third kappa shape index (κ3) is 3.12. The Morgan fingerprint density at radius 3 is 2.42 bits per heavy atom. The minimum Gasteiger partial charge on any atom is -0.325 e. The summed E-state index contributed by atoms with van der Waals surface area (Å²) in [4.78, 5) is 12.1. The van der Waals surface area contributed by atoms with E-state index in [0.29, 0.717) is 0 Å². The molecule has 0 fully saturated rings. The van der Waals surface area contributed by atoms with Crippen molar-refractivity contribution in [3.05, 3.63) is 40.9 Å². The number of halogens is 1. The zero-order chi connectivity index (χ0) is 14.0. The normalized spacial score (nSPS) is 12.7. The molecule has 100 valence electrons. The lowest BCUT2D eigenvalue weighted by Crippen LogP contribution is -2.27. The van der Waals surface area contributed by atoms with Gasteiger partial charge in [-0.25, -0.2) is 0 Å². The molecule has 0 heterocycles. The predicted octanol–water partition coefficient (Wildman–Crippen LogP) is 4.50. The molecule has 0 saturated carbocycles. The molecule has 0 bridgehead atoms. The Labute approximate surface area is 127 Å². The van der Waals surface area contributed by atoms with Crippen molar-refractivity contribution in [2.24, 2.45) is 5.92 Å². The predicted molar refractivity (Wildman–Crippen MR) is 87.9 cm³/mol. The first kappa shape index (κ1) is 14.4. The Hall–Kier alpha value is -1.00. The molecule has 0 aliphatic carbocycles. The summed E-state index contributed by atoms with van der Waals surface area (Å²) in [6, 6.07) is 11.8. The van der Waals surface area contributed by atoms with Crippen LogP contribution in [-0.2, 0) is 4.79 Å². The lowest BCUT2D eigenvalue weighted by atomic mass is 10.1. The number of benzene rings is 2. The fourth-order valence-electron chi connectivity index (χ4n) is 1.88. The van der Waals surface area contributed by atoms with E-state index in [1.165, 1.54) is 0 Å². The van der Waals surface area contributed by atoms with Gasteiger partial charge >= 0.3 is 0 Å². The highest BCUT2D eigenvalue weighted by Gasteiger charge is 2.18. The number of hydrogen-bond donors (Lipinski definition) is 2. The van der Waals surface area contributed by atoms with Gasteiger partial charge in [-0.2, -0.15) is 12.6 Å². The Bertz CT molecular complexity index is 612. The van der Waals surface area contributed by atoms with Crippen molar-refractivity contribution in [1.82, 2.24) is 0 Å². The van der Waals surface area contributed by atoms with E-state index in [2.05, 4.69) is 33.9 Å². The van der Waals surface area contributed by atoms with E-state index in [1.54, 1.807) is 0 Å². The van der Waals surface area contributed by atoms with E-state index in [-0.39, 0.29) is 17.1 Å². The van der Waals surface area contributed by atoms with E-state index in [0.717, 1.165) is 20.9 Å².